The van der Waals surface area contributed by atoms with E-state index in [1.165, 1.54) is 34.6 Å². The molecule has 0 unspecified atom stereocenters. The van der Waals surface area contributed by atoms with Crippen molar-refractivity contribution in [1.82, 2.24) is 4.31 Å². The van der Waals surface area contributed by atoms with Gasteiger partial charge in [0.05, 0.1) is 11.3 Å². The minimum absolute atomic E-state index is 0.00531. The third-order valence-electron chi connectivity index (χ3n) is 4.93. The molecule has 0 bridgehead atoms. The number of benzene rings is 2. The molecule has 0 atom stereocenters. The Morgan fingerprint density at radius 1 is 1.00 bits per heavy atom. The number of nitrogens with zero attached hydrogens (tertiary/aromatic N) is 1. The molecular formula is C20H20F2N2O5S. The number of hydrogen-bond acceptors (Lipinski definition) is 5. The van der Waals surface area contributed by atoms with Crippen molar-refractivity contribution < 1.29 is 31.5 Å². The van der Waals surface area contributed by atoms with Gasteiger partial charge in [-0.1, -0.05) is 18.6 Å². The summed E-state index contributed by atoms with van der Waals surface area (Å²) < 4.78 is 61.7. The first-order valence-corrected chi connectivity index (χ1v) is 11.0. The van der Waals surface area contributed by atoms with Crippen molar-refractivity contribution in [2.45, 2.75) is 36.9 Å². The van der Waals surface area contributed by atoms with Crippen molar-refractivity contribution in [2.75, 3.05) is 18.4 Å². The molecule has 160 valence electrons. The van der Waals surface area contributed by atoms with Crippen molar-refractivity contribution in [3.8, 4) is 11.5 Å². The summed E-state index contributed by atoms with van der Waals surface area (Å²) in [7, 11) is -3.53. The summed E-state index contributed by atoms with van der Waals surface area (Å²) in [5, 5.41) is 2.60. The highest BCUT2D eigenvalue weighted by Gasteiger charge is 2.43. The lowest BCUT2D eigenvalue weighted by Gasteiger charge is -2.25. The molecule has 2 aromatic rings. The van der Waals surface area contributed by atoms with Crippen molar-refractivity contribution in [3.05, 3.63) is 48.0 Å². The molecule has 10 heteroatoms. The van der Waals surface area contributed by atoms with Crippen LogP contribution in [-0.4, -0.2) is 38.0 Å². The van der Waals surface area contributed by atoms with E-state index >= 15 is 0 Å². The number of anilines is 1. The van der Waals surface area contributed by atoms with E-state index in [4.69, 9.17) is 0 Å². The maximum absolute atomic E-state index is 13.1. The Labute approximate surface area is 172 Å². The summed E-state index contributed by atoms with van der Waals surface area (Å²) in [6, 6.07) is 10.1. The zero-order valence-corrected chi connectivity index (χ0v) is 16.8. The quantitative estimate of drug-likeness (QED) is 0.774. The number of amides is 1. The Kier molecular flexibility index (Phi) is 5.37. The summed E-state index contributed by atoms with van der Waals surface area (Å²) in [6.07, 6.45) is -0.980. The maximum atomic E-state index is 13.1. The van der Waals surface area contributed by atoms with Crippen LogP contribution in [0.5, 0.6) is 11.5 Å². The smallest absolute Gasteiger partial charge is 0.395 e. The Morgan fingerprint density at radius 2 is 1.67 bits per heavy atom. The predicted molar refractivity (Wildman–Crippen MR) is 104 cm³/mol. The van der Waals surface area contributed by atoms with E-state index in [0.717, 1.165) is 19.3 Å². The first kappa shape index (κ1) is 20.5. The molecule has 7 nitrogen and oxygen atoms in total. The van der Waals surface area contributed by atoms with Gasteiger partial charge in [0.2, 0.25) is 15.9 Å². The largest absolute Gasteiger partial charge is 0.586 e. The van der Waals surface area contributed by atoms with E-state index in [0.29, 0.717) is 18.7 Å². The van der Waals surface area contributed by atoms with Crippen LogP contribution in [-0.2, 0) is 21.2 Å². The van der Waals surface area contributed by atoms with Crippen LogP contribution in [0.1, 0.15) is 24.8 Å². The van der Waals surface area contributed by atoms with Crippen LogP contribution in [0.25, 0.3) is 0 Å². The van der Waals surface area contributed by atoms with Crippen molar-refractivity contribution in [2.24, 2.45) is 0 Å². The fourth-order valence-electron chi connectivity index (χ4n) is 3.45. The number of carbonyl (C=O) groups excluding carboxylic acids is 1. The number of hydrogen-bond donors (Lipinski definition) is 1. The topological polar surface area (TPSA) is 84.9 Å². The molecule has 0 aliphatic carbocycles. The van der Waals surface area contributed by atoms with Crippen LogP contribution in [0.3, 0.4) is 0 Å². The molecule has 2 heterocycles. The Morgan fingerprint density at radius 3 is 2.37 bits per heavy atom. The van der Waals surface area contributed by atoms with Gasteiger partial charge in [-0.05, 0) is 42.7 Å². The van der Waals surface area contributed by atoms with Gasteiger partial charge in [-0.15, -0.1) is 8.78 Å². The van der Waals surface area contributed by atoms with Gasteiger partial charge in [0.1, 0.15) is 0 Å². The summed E-state index contributed by atoms with van der Waals surface area (Å²) in [5.41, 5.74) is 0.904. The highest BCUT2D eigenvalue weighted by atomic mass is 32.2. The van der Waals surface area contributed by atoms with Gasteiger partial charge in [-0.2, -0.15) is 4.31 Å². The molecule has 1 fully saturated rings. The van der Waals surface area contributed by atoms with Crippen LogP contribution < -0.4 is 14.8 Å². The number of fused-ring (bicyclic) bond motifs is 1. The lowest BCUT2D eigenvalue weighted by atomic mass is 10.1. The monoisotopic (exact) mass is 438 g/mol. The Hall–Kier alpha value is -2.72. The molecule has 2 aliphatic rings. The summed E-state index contributed by atoms with van der Waals surface area (Å²) in [4.78, 5) is 12.5. The van der Waals surface area contributed by atoms with Crippen LogP contribution in [0.4, 0.5) is 14.5 Å². The zero-order chi connectivity index (χ0) is 21.4. The van der Waals surface area contributed by atoms with Crippen LogP contribution in [0.2, 0.25) is 0 Å². The molecule has 0 radical (unpaired) electrons. The number of carbonyl (C=O) groups is 1. The number of nitrogens with one attached hydrogen (secondary N) is 1. The normalized spacial score (nSPS) is 18.2. The second-order valence-electron chi connectivity index (χ2n) is 7.16. The summed E-state index contributed by atoms with van der Waals surface area (Å²) >= 11 is 0. The predicted octanol–water partition coefficient (Wildman–Crippen LogP) is 3.36. The molecule has 30 heavy (non-hydrogen) atoms. The first-order chi connectivity index (χ1) is 14.2. The number of sulfonamides is 1. The SMILES string of the molecule is O=C(Cc1ccc(S(=O)(=O)N2CCCCC2)cc1)Nc1ccc2c(c1)OC(F)(F)O2. The highest BCUT2D eigenvalue weighted by Crippen LogP contribution is 2.42. The number of halogens is 2. The van der Waals surface area contributed by atoms with Gasteiger partial charge in [-0.3, -0.25) is 4.79 Å². The van der Waals surface area contributed by atoms with Gasteiger partial charge in [0.15, 0.2) is 11.5 Å². The number of ether oxygens (including phenoxy) is 2. The van der Waals surface area contributed by atoms with E-state index in [-0.39, 0.29) is 34.4 Å². The number of alkyl halides is 2. The fraction of sp³-hybridized carbons (Fsp3) is 0.350. The molecule has 2 aromatic carbocycles. The van der Waals surface area contributed by atoms with Gasteiger partial charge in [0.25, 0.3) is 0 Å². The highest BCUT2D eigenvalue weighted by molar-refractivity contribution is 7.89. The molecule has 1 amide bonds. The summed E-state index contributed by atoms with van der Waals surface area (Å²) in [5.74, 6) is -0.652. The summed E-state index contributed by atoms with van der Waals surface area (Å²) in [6.45, 7) is 1.04. The first-order valence-electron chi connectivity index (χ1n) is 9.52. The zero-order valence-electron chi connectivity index (χ0n) is 15.9. The van der Waals surface area contributed by atoms with E-state index in [1.54, 1.807) is 12.1 Å². The standard InChI is InChI=1S/C20H20F2N2O5S/c21-20(22)28-17-9-6-15(13-18(17)29-20)23-19(25)12-14-4-7-16(8-5-14)30(26,27)24-10-2-1-3-11-24/h4-9,13H,1-3,10-12H2,(H,23,25). The van der Waals surface area contributed by atoms with Crippen LogP contribution >= 0.6 is 0 Å². The maximum Gasteiger partial charge on any atom is 0.586 e. The average molecular weight is 438 g/mol. The fourth-order valence-corrected chi connectivity index (χ4v) is 4.97. The van der Waals surface area contributed by atoms with E-state index in [2.05, 4.69) is 14.8 Å². The molecular weight excluding hydrogens is 418 g/mol. The molecule has 1 N–H and O–H groups in total. The lowest BCUT2D eigenvalue weighted by molar-refractivity contribution is -0.286. The average Bonchev–Trinajstić information content (AvgIpc) is 3.02. The molecule has 0 spiro atoms. The molecule has 4 rings (SSSR count). The van der Waals surface area contributed by atoms with Crippen LogP contribution in [0.15, 0.2) is 47.4 Å². The molecule has 0 saturated carbocycles. The molecule has 0 aromatic heterocycles. The van der Waals surface area contributed by atoms with Gasteiger partial charge >= 0.3 is 6.29 Å². The van der Waals surface area contributed by atoms with Gasteiger partial charge in [-0.25, -0.2) is 8.42 Å². The second kappa shape index (κ2) is 7.84. The van der Waals surface area contributed by atoms with Crippen molar-refractivity contribution in [3.63, 3.8) is 0 Å². The van der Waals surface area contributed by atoms with E-state index in [9.17, 15) is 22.0 Å². The van der Waals surface area contributed by atoms with Crippen molar-refractivity contribution >= 4 is 21.6 Å². The molecule has 2 aliphatic heterocycles. The number of piperidine rings is 1. The third kappa shape index (κ3) is 4.39. The minimum atomic E-state index is -3.72. The second-order valence-corrected chi connectivity index (χ2v) is 9.10. The number of rotatable bonds is 5. The van der Waals surface area contributed by atoms with Crippen molar-refractivity contribution in [1.29, 1.82) is 0 Å². The van der Waals surface area contributed by atoms with E-state index < -0.39 is 16.3 Å². The van der Waals surface area contributed by atoms with E-state index in [1.807, 2.05) is 0 Å². The third-order valence-corrected chi connectivity index (χ3v) is 6.84. The van der Waals surface area contributed by atoms with Crippen LogP contribution in [0, 0.1) is 0 Å². The lowest BCUT2D eigenvalue weighted by Crippen LogP contribution is -2.35. The Balaban J connectivity index is 1.39. The minimum Gasteiger partial charge on any atom is -0.395 e. The Bertz CT molecular complexity index is 1050. The molecule has 1 saturated heterocycles. The van der Waals surface area contributed by atoms with Gasteiger partial charge in [0, 0.05) is 24.8 Å². The van der Waals surface area contributed by atoms with Gasteiger partial charge < -0.3 is 14.8 Å².